The maximum absolute atomic E-state index is 12.9. The number of rotatable bonds is 5. The molecule has 8 nitrogen and oxygen atoms in total. The van der Waals surface area contributed by atoms with Gasteiger partial charge in [0.1, 0.15) is 0 Å². The lowest BCUT2D eigenvalue weighted by atomic mass is 9.93. The minimum Gasteiger partial charge on any atom is -0.339 e. The van der Waals surface area contributed by atoms with E-state index in [9.17, 15) is 4.79 Å². The Bertz CT molecular complexity index is 1070. The van der Waals surface area contributed by atoms with Crippen LogP contribution >= 0.6 is 0 Å². The Kier molecular flexibility index (Phi) is 4.22. The van der Waals surface area contributed by atoms with E-state index < -0.39 is 0 Å². The van der Waals surface area contributed by atoms with E-state index in [1.165, 1.54) is 0 Å². The molecule has 1 amide bonds. The third-order valence-electron chi connectivity index (χ3n) is 6.16. The van der Waals surface area contributed by atoms with Gasteiger partial charge in [0.25, 0.3) is 0 Å². The minimum atomic E-state index is -0.151. The van der Waals surface area contributed by atoms with Crippen LogP contribution in [0.4, 0.5) is 0 Å². The lowest BCUT2D eigenvalue weighted by Gasteiger charge is -2.27. The number of aryl methyl sites for hydroxylation is 2. The van der Waals surface area contributed by atoms with Gasteiger partial charge < -0.3 is 9.42 Å². The first-order chi connectivity index (χ1) is 14.0. The number of nitrogens with zero attached hydrogens (tertiary/aromatic N) is 6. The van der Waals surface area contributed by atoms with Crippen molar-refractivity contribution >= 4 is 5.91 Å². The fourth-order valence-electron chi connectivity index (χ4n) is 4.30. The van der Waals surface area contributed by atoms with E-state index in [0.717, 1.165) is 35.4 Å². The molecule has 3 aromatic rings. The molecule has 0 spiro atoms. The maximum Gasteiger partial charge on any atom is 0.232 e. The van der Waals surface area contributed by atoms with E-state index in [4.69, 9.17) is 4.52 Å². The average molecular weight is 392 g/mol. The molecule has 2 fully saturated rings. The van der Waals surface area contributed by atoms with Crippen LogP contribution in [0.25, 0.3) is 0 Å². The number of pyridine rings is 1. The van der Waals surface area contributed by atoms with Gasteiger partial charge in [0.15, 0.2) is 5.82 Å². The summed E-state index contributed by atoms with van der Waals surface area (Å²) in [4.78, 5) is 23.9. The molecular formula is C21H24N6O2. The fraction of sp³-hybridized carbons (Fsp3) is 0.476. The third kappa shape index (κ3) is 3.12. The SMILES string of the molecule is Cc1ncccc1Cc1noc([C@H]2CC(=O)N(C3CC3)[C@@H]2c2cnn(C)c2C)n1. The molecule has 0 aromatic carbocycles. The number of aromatic nitrogens is 5. The van der Waals surface area contributed by atoms with Gasteiger partial charge in [0, 0.05) is 49.1 Å². The highest BCUT2D eigenvalue weighted by Gasteiger charge is 2.50. The fourth-order valence-corrected chi connectivity index (χ4v) is 4.30. The highest BCUT2D eigenvalue weighted by molar-refractivity contribution is 5.81. The summed E-state index contributed by atoms with van der Waals surface area (Å²) in [6.45, 7) is 4.01. The summed E-state index contributed by atoms with van der Waals surface area (Å²) in [6.07, 6.45) is 6.72. The monoisotopic (exact) mass is 392 g/mol. The van der Waals surface area contributed by atoms with Gasteiger partial charge in [-0.05, 0) is 38.3 Å². The van der Waals surface area contributed by atoms with E-state index in [1.54, 1.807) is 6.20 Å². The minimum absolute atomic E-state index is 0.0999. The van der Waals surface area contributed by atoms with Crippen LogP contribution in [0.3, 0.4) is 0 Å². The second-order valence-electron chi connectivity index (χ2n) is 8.07. The normalized spacial score (nSPS) is 21.9. The summed E-state index contributed by atoms with van der Waals surface area (Å²) in [5.74, 6) is 1.16. The standard InChI is InChI=1S/C21H24N6O2/c1-12-14(5-4-8-22-12)9-18-24-21(29-25-18)16-10-19(28)27(15-6-7-15)20(16)17-11-23-26(3)13(17)2/h4-5,8,11,15-16,20H,6-7,9-10H2,1-3H3/t16-,20-/m0/s1. The van der Waals surface area contributed by atoms with Gasteiger partial charge in [-0.1, -0.05) is 11.2 Å². The molecule has 1 saturated carbocycles. The van der Waals surface area contributed by atoms with Crippen LogP contribution in [0.2, 0.25) is 0 Å². The predicted molar refractivity (Wildman–Crippen MR) is 104 cm³/mol. The number of likely N-dealkylation sites (tertiary alicyclic amines) is 1. The van der Waals surface area contributed by atoms with E-state index in [0.29, 0.717) is 30.6 Å². The molecule has 0 unspecified atom stereocenters. The van der Waals surface area contributed by atoms with Crippen LogP contribution in [0.1, 0.15) is 65.5 Å². The van der Waals surface area contributed by atoms with Crippen molar-refractivity contribution in [1.82, 2.24) is 29.8 Å². The van der Waals surface area contributed by atoms with Gasteiger partial charge in [-0.2, -0.15) is 10.1 Å². The zero-order chi connectivity index (χ0) is 20.1. The van der Waals surface area contributed by atoms with Crippen molar-refractivity contribution in [2.45, 2.75) is 57.5 Å². The molecule has 8 heteroatoms. The molecule has 2 atom stereocenters. The number of hydrogen-bond donors (Lipinski definition) is 0. The van der Waals surface area contributed by atoms with Gasteiger partial charge in [-0.15, -0.1) is 0 Å². The highest BCUT2D eigenvalue weighted by Crippen LogP contribution is 2.49. The summed E-state index contributed by atoms with van der Waals surface area (Å²) < 4.78 is 7.52. The smallest absolute Gasteiger partial charge is 0.232 e. The van der Waals surface area contributed by atoms with Gasteiger partial charge in [0.05, 0.1) is 18.2 Å². The van der Waals surface area contributed by atoms with Crippen molar-refractivity contribution in [3.8, 4) is 0 Å². The van der Waals surface area contributed by atoms with Crippen molar-refractivity contribution in [2.75, 3.05) is 0 Å². The molecule has 1 aliphatic carbocycles. The summed E-state index contributed by atoms with van der Waals surface area (Å²) in [7, 11) is 1.92. The average Bonchev–Trinajstić information content (AvgIpc) is 3.20. The van der Waals surface area contributed by atoms with Crippen molar-refractivity contribution in [3.05, 3.63) is 58.8 Å². The van der Waals surface area contributed by atoms with Gasteiger partial charge in [-0.3, -0.25) is 14.5 Å². The van der Waals surface area contributed by atoms with Gasteiger partial charge in [-0.25, -0.2) is 0 Å². The molecule has 0 radical (unpaired) electrons. The molecule has 4 heterocycles. The molecule has 3 aromatic heterocycles. The summed E-state index contributed by atoms with van der Waals surface area (Å²) >= 11 is 0. The Balaban J connectivity index is 1.48. The Labute approximate surface area is 168 Å². The number of carbonyl (C=O) groups excluding carboxylic acids is 1. The number of amides is 1. The van der Waals surface area contributed by atoms with Gasteiger partial charge in [0.2, 0.25) is 11.8 Å². The van der Waals surface area contributed by atoms with Crippen molar-refractivity contribution in [2.24, 2.45) is 7.05 Å². The summed E-state index contributed by atoms with van der Waals surface area (Å²) in [5, 5.41) is 8.60. The lowest BCUT2D eigenvalue weighted by Crippen LogP contribution is -2.31. The molecular weight excluding hydrogens is 368 g/mol. The zero-order valence-corrected chi connectivity index (χ0v) is 16.9. The molecule has 1 aliphatic heterocycles. The van der Waals surface area contributed by atoms with Crippen molar-refractivity contribution < 1.29 is 9.32 Å². The molecule has 0 bridgehead atoms. The topological polar surface area (TPSA) is 89.9 Å². The predicted octanol–water partition coefficient (Wildman–Crippen LogP) is 2.63. The Hall–Kier alpha value is -3.03. The van der Waals surface area contributed by atoms with Crippen LogP contribution in [-0.4, -0.2) is 41.8 Å². The second-order valence-corrected chi connectivity index (χ2v) is 8.07. The summed E-state index contributed by atoms with van der Waals surface area (Å²) in [5.41, 5.74) is 4.16. The first-order valence-electron chi connectivity index (χ1n) is 10.1. The third-order valence-corrected chi connectivity index (χ3v) is 6.16. The summed E-state index contributed by atoms with van der Waals surface area (Å²) in [6, 6.07) is 4.15. The van der Waals surface area contributed by atoms with E-state index in [1.807, 2.05) is 48.8 Å². The lowest BCUT2D eigenvalue weighted by molar-refractivity contribution is -0.129. The second kappa shape index (κ2) is 6.79. The quantitative estimate of drug-likeness (QED) is 0.663. The van der Waals surface area contributed by atoms with Crippen LogP contribution < -0.4 is 0 Å². The zero-order valence-electron chi connectivity index (χ0n) is 16.9. The molecule has 1 saturated heterocycles. The first kappa shape index (κ1) is 18.0. The number of hydrogen-bond acceptors (Lipinski definition) is 6. The molecule has 150 valence electrons. The first-order valence-corrected chi connectivity index (χ1v) is 10.1. The van der Waals surface area contributed by atoms with Crippen LogP contribution in [0.15, 0.2) is 29.0 Å². The Morgan fingerprint density at radius 3 is 2.79 bits per heavy atom. The maximum atomic E-state index is 12.9. The Morgan fingerprint density at radius 1 is 1.28 bits per heavy atom. The van der Waals surface area contributed by atoms with E-state index in [2.05, 4.69) is 20.2 Å². The molecule has 5 rings (SSSR count). The van der Waals surface area contributed by atoms with Crippen molar-refractivity contribution in [1.29, 1.82) is 0 Å². The highest BCUT2D eigenvalue weighted by atomic mass is 16.5. The van der Waals surface area contributed by atoms with Crippen molar-refractivity contribution in [3.63, 3.8) is 0 Å². The van der Waals surface area contributed by atoms with Gasteiger partial charge >= 0.3 is 0 Å². The number of carbonyl (C=O) groups is 1. The van der Waals surface area contributed by atoms with E-state index >= 15 is 0 Å². The molecule has 0 N–H and O–H groups in total. The van der Waals surface area contributed by atoms with Crippen LogP contribution in [-0.2, 0) is 18.3 Å². The largest absolute Gasteiger partial charge is 0.339 e. The van der Waals surface area contributed by atoms with E-state index in [-0.39, 0.29) is 17.9 Å². The van der Waals surface area contributed by atoms with Crippen LogP contribution in [0, 0.1) is 13.8 Å². The molecule has 2 aliphatic rings. The van der Waals surface area contributed by atoms with Crippen LogP contribution in [0.5, 0.6) is 0 Å². The Morgan fingerprint density at radius 2 is 2.10 bits per heavy atom. The molecule has 29 heavy (non-hydrogen) atoms.